The first-order valence-electron chi connectivity index (χ1n) is 7.52. The van der Waals surface area contributed by atoms with Gasteiger partial charge in [0, 0.05) is 23.9 Å². The molecular formula is C18H19NO2. The van der Waals surface area contributed by atoms with E-state index in [0.29, 0.717) is 12.5 Å². The molecule has 4 rings (SSSR count). The van der Waals surface area contributed by atoms with Crippen molar-refractivity contribution >= 4 is 5.69 Å². The lowest BCUT2D eigenvalue weighted by Gasteiger charge is -2.38. The van der Waals surface area contributed by atoms with Crippen LogP contribution in [0.5, 0.6) is 11.5 Å². The minimum Gasteiger partial charge on any atom is -0.508 e. The third-order valence-corrected chi connectivity index (χ3v) is 4.51. The van der Waals surface area contributed by atoms with Gasteiger partial charge in [0.05, 0.1) is 6.04 Å². The first-order valence-corrected chi connectivity index (χ1v) is 7.52. The molecule has 2 aromatic rings. The van der Waals surface area contributed by atoms with Crippen LogP contribution >= 0.6 is 0 Å². The number of ether oxygens (including phenoxy) is 1. The highest BCUT2D eigenvalue weighted by Crippen LogP contribution is 2.42. The first-order chi connectivity index (χ1) is 10.2. The summed E-state index contributed by atoms with van der Waals surface area (Å²) >= 11 is 0. The van der Waals surface area contributed by atoms with E-state index >= 15 is 0 Å². The summed E-state index contributed by atoms with van der Waals surface area (Å²) in [5, 5.41) is 9.60. The maximum absolute atomic E-state index is 9.60. The van der Waals surface area contributed by atoms with Gasteiger partial charge in [0.25, 0.3) is 0 Å². The van der Waals surface area contributed by atoms with Crippen LogP contribution in [0.2, 0.25) is 0 Å². The maximum Gasteiger partial charge on any atom is 0.128 e. The number of nitrogens with zero attached hydrogens (tertiary/aromatic N) is 1. The van der Waals surface area contributed by atoms with Crippen LogP contribution in [-0.4, -0.2) is 18.3 Å². The number of phenolic OH excluding ortho intramolecular Hbond substituents is 1. The van der Waals surface area contributed by atoms with E-state index in [9.17, 15) is 5.11 Å². The van der Waals surface area contributed by atoms with Crippen molar-refractivity contribution in [3.63, 3.8) is 0 Å². The molecule has 3 heteroatoms. The van der Waals surface area contributed by atoms with Crippen molar-refractivity contribution in [1.29, 1.82) is 0 Å². The summed E-state index contributed by atoms with van der Waals surface area (Å²) in [6, 6.07) is 14.4. The standard InChI is InChI=1S/C18H19NO2/c1-12-8-13-4-2-3-5-16(13)19(10-12)17-11-21-18-9-14(20)6-7-15(17)18/h2-7,9,12,17,20H,8,10-11H2,1H3. The third-order valence-electron chi connectivity index (χ3n) is 4.51. The number of fused-ring (bicyclic) bond motifs is 2. The molecular weight excluding hydrogens is 262 g/mol. The zero-order chi connectivity index (χ0) is 14.4. The fourth-order valence-corrected chi connectivity index (χ4v) is 3.57. The van der Waals surface area contributed by atoms with E-state index in [1.165, 1.54) is 16.8 Å². The summed E-state index contributed by atoms with van der Waals surface area (Å²) in [4.78, 5) is 2.46. The molecule has 0 saturated heterocycles. The van der Waals surface area contributed by atoms with Crippen LogP contribution in [0.15, 0.2) is 42.5 Å². The van der Waals surface area contributed by atoms with Gasteiger partial charge in [-0.05, 0) is 36.1 Å². The second kappa shape index (κ2) is 4.69. The van der Waals surface area contributed by atoms with E-state index in [1.807, 2.05) is 6.07 Å². The van der Waals surface area contributed by atoms with Crippen LogP contribution in [0, 0.1) is 5.92 Å². The molecule has 2 aliphatic heterocycles. The molecule has 0 saturated carbocycles. The highest BCUT2D eigenvalue weighted by Gasteiger charge is 2.33. The SMILES string of the molecule is CC1Cc2ccccc2N(C2COc3cc(O)ccc32)C1. The molecule has 2 atom stereocenters. The van der Waals surface area contributed by atoms with Gasteiger partial charge < -0.3 is 14.7 Å². The number of benzene rings is 2. The van der Waals surface area contributed by atoms with Crippen molar-refractivity contribution in [1.82, 2.24) is 0 Å². The molecule has 2 unspecified atom stereocenters. The zero-order valence-corrected chi connectivity index (χ0v) is 12.1. The summed E-state index contributed by atoms with van der Waals surface area (Å²) < 4.78 is 5.79. The van der Waals surface area contributed by atoms with E-state index in [0.717, 1.165) is 18.7 Å². The predicted molar refractivity (Wildman–Crippen MR) is 83.0 cm³/mol. The molecule has 21 heavy (non-hydrogen) atoms. The number of anilines is 1. The smallest absolute Gasteiger partial charge is 0.128 e. The molecule has 2 aromatic carbocycles. The second-order valence-electron chi connectivity index (χ2n) is 6.14. The van der Waals surface area contributed by atoms with E-state index in [-0.39, 0.29) is 11.8 Å². The Balaban J connectivity index is 1.76. The lowest BCUT2D eigenvalue weighted by atomic mass is 9.91. The Morgan fingerprint density at radius 1 is 1.19 bits per heavy atom. The Hall–Kier alpha value is -2.16. The number of para-hydroxylation sites is 1. The fraction of sp³-hybridized carbons (Fsp3) is 0.333. The molecule has 0 fully saturated rings. The van der Waals surface area contributed by atoms with Gasteiger partial charge in [0.2, 0.25) is 0 Å². The molecule has 0 bridgehead atoms. The van der Waals surface area contributed by atoms with Crippen LogP contribution in [0.25, 0.3) is 0 Å². The molecule has 2 heterocycles. The molecule has 0 spiro atoms. The summed E-state index contributed by atoms with van der Waals surface area (Å²) in [5.41, 5.74) is 3.92. The predicted octanol–water partition coefficient (Wildman–Crippen LogP) is 3.52. The van der Waals surface area contributed by atoms with Gasteiger partial charge in [-0.15, -0.1) is 0 Å². The third kappa shape index (κ3) is 2.04. The monoisotopic (exact) mass is 281 g/mol. The number of phenols is 1. The topological polar surface area (TPSA) is 32.7 Å². The van der Waals surface area contributed by atoms with Gasteiger partial charge in [0.1, 0.15) is 18.1 Å². The number of rotatable bonds is 1. The van der Waals surface area contributed by atoms with Crippen LogP contribution in [0.4, 0.5) is 5.69 Å². The van der Waals surface area contributed by atoms with E-state index < -0.39 is 0 Å². The normalized spacial score (nSPS) is 23.4. The molecule has 0 amide bonds. The van der Waals surface area contributed by atoms with Crippen molar-refractivity contribution < 1.29 is 9.84 Å². The van der Waals surface area contributed by atoms with Crippen molar-refractivity contribution in [2.45, 2.75) is 19.4 Å². The summed E-state index contributed by atoms with van der Waals surface area (Å²) in [6.07, 6.45) is 1.14. The Kier molecular flexibility index (Phi) is 2.81. The number of hydrogen-bond acceptors (Lipinski definition) is 3. The van der Waals surface area contributed by atoms with Crippen LogP contribution in [-0.2, 0) is 6.42 Å². The first kappa shape index (κ1) is 12.6. The largest absolute Gasteiger partial charge is 0.508 e. The van der Waals surface area contributed by atoms with Crippen molar-refractivity contribution in [2.75, 3.05) is 18.1 Å². The van der Waals surface area contributed by atoms with Gasteiger partial charge in [0.15, 0.2) is 0 Å². The number of aromatic hydroxyl groups is 1. The molecule has 0 aromatic heterocycles. The van der Waals surface area contributed by atoms with E-state index in [4.69, 9.17) is 4.74 Å². The maximum atomic E-state index is 9.60. The fourth-order valence-electron chi connectivity index (χ4n) is 3.57. The van der Waals surface area contributed by atoms with E-state index in [1.54, 1.807) is 12.1 Å². The lowest BCUT2D eigenvalue weighted by molar-refractivity contribution is 0.319. The van der Waals surface area contributed by atoms with Crippen LogP contribution in [0.3, 0.4) is 0 Å². The molecule has 0 radical (unpaired) electrons. The Morgan fingerprint density at radius 2 is 2.05 bits per heavy atom. The highest BCUT2D eigenvalue weighted by molar-refractivity contribution is 5.59. The van der Waals surface area contributed by atoms with Crippen LogP contribution in [0.1, 0.15) is 24.1 Å². The van der Waals surface area contributed by atoms with Gasteiger partial charge >= 0.3 is 0 Å². The second-order valence-corrected chi connectivity index (χ2v) is 6.14. The van der Waals surface area contributed by atoms with Gasteiger partial charge in [-0.3, -0.25) is 0 Å². The summed E-state index contributed by atoms with van der Waals surface area (Å²) in [5.74, 6) is 1.72. The minimum absolute atomic E-state index is 0.240. The van der Waals surface area contributed by atoms with E-state index in [2.05, 4.69) is 36.1 Å². The molecule has 3 nitrogen and oxygen atoms in total. The highest BCUT2D eigenvalue weighted by atomic mass is 16.5. The van der Waals surface area contributed by atoms with Gasteiger partial charge in [-0.1, -0.05) is 25.1 Å². The quantitative estimate of drug-likeness (QED) is 0.868. The van der Waals surface area contributed by atoms with Gasteiger partial charge in [-0.25, -0.2) is 0 Å². The minimum atomic E-state index is 0.240. The zero-order valence-electron chi connectivity index (χ0n) is 12.1. The van der Waals surface area contributed by atoms with Crippen molar-refractivity contribution in [3.05, 3.63) is 53.6 Å². The average molecular weight is 281 g/mol. The van der Waals surface area contributed by atoms with Crippen molar-refractivity contribution in [2.24, 2.45) is 5.92 Å². The Morgan fingerprint density at radius 3 is 2.95 bits per heavy atom. The average Bonchev–Trinajstić information content (AvgIpc) is 2.89. The summed E-state index contributed by atoms with van der Waals surface area (Å²) in [7, 11) is 0. The van der Waals surface area contributed by atoms with Crippen molar-refractivity contribution in [3.8, 4) is 11.5 Å². The number of hydrogen-bond donors (Lipinski definition) is 1. The molecule has 0 aliphatic carbocycles. The molecule has 1 N–H and O–H groups in total. The summed E-state index contributed by atoms with van der Waals surface area (Å²) in [6.45, 7) is 4.00. The Bertz CT molecular complexity index is 683. The molecule has 108 valence electrons. The van der Waals surface area contributed by atoms with Gasteiger partial charge in [-0.2, -0.15) is 0 Å². The molecule has 2 aliphatic rings. The van der Waals surface area contributed by atoms with Crippen LogP contribution < -0.4 is 9.64 Å². The Labute approximate surface area is 124 Å². The lowest BCUT2D eigenvalue weighted by Crippen LogP contribution is -2.38.